The van der Waals surface area contributed by atoms with E-state index in [1.165, 1.54) is 12.7 Å². The van der Waals surface area contributed by atoms with Gasteiger partial charge in [0.05, 0.1) is 12.8 Å². The summed E-state index contributed by atoms with van der Waals surface area (Å²) in [6.07, 6.45) is 4.58. The van der Waals surface area contributed by atoms with Gasteiger partial charge in [0.15, 0.2) is 0 Å². The molecule has 1 aromatic heterocycles. The van der Waals surface area contributed by atoms with Crippen molar-refractivity contribution in [2.24, 2.45) is 5.92 Å². The van der Waals surface area contributed by atoms with Crippen LogP contribution >= 0.6 is 0 Å². The molecule has 1 fully saturated rings. The Labute approximate surface area is 232 Å². The van der Waals surface area contributed by atoms with Crippen LogP contribution in [0.1, 0.15) is 59.8 Å². The van der Waals surface area contributed by atoms with Gasteiger partial charge in [-0.15, -0.1) is 5.10 Å². The largest absolute Gasteiger partial charge is 0.487 e. The maximum Gasteiger partial charge on any atom is 0.320 e. The summed E-state index contributed by atoms with van der Waals surface area (Å²) in [5.41, 5.74) is 3.56. The van der Waals surface area contributed by atoms with E-state index in [9.17, 15) is 9.59 Å². The van der Waals surface area contributed by atoms with Gasteiger partial charge >= 0.3 is 23.8 Å². The molecule has 2 N–H and O–H groups in total. The van der Waals surface area contributed by atoms with Crippen LogP contribution in [0.4, 0.5) is 17.4 Å². The highest BCUT2D eigenvalue weighted by atomic mass is 16.5. The first-order chi connectivity index (χ1) is 19.6. The Morgan fingerprint density at radius 3 is 2.38 bits per heavy atom. The average Bonchev–Trinajstić information content (AvgIpc) is 3.47. The molecule has 4 aromatic rings. The molecule has 1 amide bonds. The fourth-order valence-electron chi connectivity index (χ4n) is 4.95. The average molecular weight is 541 g/mol. The van der Waals surface area contributed by atoms with E-state index in [0.717, 1.165) is 31.2 Å². The third-order valence-electron chi connectivity index (χ3n) is 7.15. The predicted molar refractivity (Wildman–Crippen MR) is 151 cm³/mol. The minimum atomic E-state index is -0.495. The van der Waals surface area contributed by atoms with Gasteiger partial charge in [0.1, 0.15) is 12.4 Å². The number of aromatic nitrogens is 2. The summed E-state index contributed by atoms with van der Waals surface area (Å²) in [4.78, 5) is 24.3. The minimum absolute atomic E-state index is 0.0825. The smallest absolute Gasteiger partial charge is 0.320 e. The van der Waals surface area contributed by atoms with Gasteiger partial charge < -0.3 is 24.5 Å². The number of hydrogen-bond acceptors (Lipinski definition) is 8. The maximum atomic E-state index is 12.7. The molecule has 0 spiro atoms. The Hall–Kier alpha value is -4.66. The van der Waals surface area contributed by atoms with Crippen molar-refractivity contribution in [1.29, 1.82) is 0 Å². The summed E-state index contributed by atoms with van der Waals surface area (Å²) in [5.74, 6) is 0.676. The fourth-order valence-corrected chi connectivity index (χ4v) is 4.95. The molecule has 40 heavy (non-hydrogen) atoms. The number of benzene rings is 3. The van der Waals surface area contributed by atoms with Crippen LogP contribution in [-0.4, -0.2) is 29.2 Å². The van der Waals surface area contributed by atoms with Crippen molar-refractivity contribution >= 4 is 29.3 Å². The van der Waals surface area contributed by atoms with E-state index in [1.54, 1.807) is 0 Å². The third kappa shape index (κ3) is 7.05. The number of methoxy groups -OCH3 is 1. The second-order valence-corrected chi connectivity index (χ2v) is 9.88. The standard InChI is InChI=1S/C31H32N4O5/c1-38-28(36)19-21-11-13-23(14-12-21)24-15-17-25(18-16-24)32-29(37)30-34-35-31(40-30)33-26-9-5-6-10-27(26)39-20-22-7-3-2-4-8-22/h2-10,15-18,21,23H,11-14,19-20H2,1H3,(H,32,37)(H,33,35). The molecule has 9 nitrogen and oxygen atoms in total. The molecular weight excluding hydrogens is 508 g/mol. The summed E-state index contributed by atoms with van der Waals surface area (Å²) in [5, 5.41) is 13.7. The lowest BCUT2D eigenvalue weighted by molar-refractivity contribution is -0.142. The van der Waals surface area contributed by atoms with Crippen molar-refractivity contribution in [2.45, 2.75) is 44.6 Å². The van der Waals surface area contributed by atoms with Crippen LogP contribution in [0.2, 0.25) is 0 Å². The van der Waals surface area contributed by atoms with Crippen LogP contribution in [0.5, 0.6) is 5.75 Å². The van der Waals surface area contributed by atoms with Crippen LogP contribution in [0.3, 0.4) is 0 Å². The number of anilines is 3. The topological polar surface area (TPSA) is 116 Å². The first kappa shape index (κ1) is 26.9. The first-order valence-electron chi connectivity index (χ1n) is 13.4. The zero-order valence-electron chi connectivity index (χ0n) is 22.3. The molecule has 5 rings (SSSR count). The number of esters is 1. The van der Waals surface area contributed by atoms with E-state index < -0.39 is 5.91 Å². The van der Waals surface area contributed by atoms with E-state index in [2.05, 4.69) is 20.8 Å². The minimum Gasteiger partial charge on any atom is -0.487 e. The van der Waals surface area contributed by atoms with Crippen LogP contribution in [0.15, 0.2) is 83.3 Å². The van der Waals surface area contributed by atoms with Crippen LogP contribution in [0.25, 0.3) is 0 Å². The van der Waals surface area contributed by atoms with E-state index in [-0.39, 0.29) is 17.9 Å². The van der Waals surface area contributed by atoms with Crippen LogP contribution in [-0.2, 0) is 16.1 Å². The van der Waals surface area contributed by atoms with Crippen molar-refractivity contribution in [3.05, 3.63) is 95.9 Å². The monoisotopic (exact) mass is 540 g/mol. The lowest BCUT2D eigenvalue weighted by Gasteiger charge is -2.28. The Bertz CT molecular complexity index is 1410. The van der Waals surface area contributed by atoms with Crippen molar-refractivity contribution in [1.82, 2.24) is 10.2 Å². The summed E-state index contributed by atoms with van der Waals surface area (Å²) < 4.78 is 16.3. The van der Waals surface area contributed by atoms with E-state index >= 15 is 0 Å². The number of para-hydroxylation sites is 2. The molecule has 1 aliphatic carbocycles. The maximum absolute atomic E-state index is 12.7. The highest BCUT2D eigenvalue weighted by molar-refractivity contribution is 6.00. The Morgan fingerprint density at radius 2 is 1.62 bits per heavy atom. The number of ether oxygens (including phenoxy) is 2. The second-order valence-electron chi connectivity index (χ2n) is 9.88. The molecule has 0 atom stereocenters. The zero-order chi connectivity index (χ0) is 27.7. The van der Waals surface area contributed by atoms with Crippen molar-refractivity contribution in [3.63, 3.8) is 0 Å². The lowest BCUT2D eigenvalue weighted by Crippen LogP contribution is -2.17. The molecular formula is C31H32N4O5. The number of carbonyl (C=O) groups is 2. The van der Waals surface area contributed by atoms with E-state index in [1.807, 2.05) is 78.9 Å². The number of carbonyl (C=O) groups excluding carboxylic acids is 2. The summed E-state index contributed by atoms with van der Waals surface area (Å²) in [7, 11) is 1.44. The molecule has 1 heterocycles. The van der Waals surface area contributed by atoms with Gasteiger partial charge in [0.25, 0.3) is 0 Å². The summed E-state index contributed by atoms with van der Waals surface area (Å²) in [6, 6.07) is 25.2. The Balaban J connectivity index is 1.14. The van der Waals surface area contributed by atoms with E-state index in [0.29, 0.717) is 42.0 Å². The number of hydrogen-bond donors (Lipinski definition) is 2. The van der Waals surface area contributed by atoms with Crippen molar-refractivity contribution < 1.29 is 23.5 Å². The number of nitrogens with zero attached hydrogens (tertiary/aromatic N) is 2. The number of rotatable bonds is 10. The van der Waals surface area contributed by atoms with Gasteiger partial charge in [-0.05, 0) is 72.9 Å². The second kappa shape index (κ2) is 12.9. The van der Waals surface area contributed by atoms with Gasteiger partial charge in [-0.2, -0.15) is 0 Å². The van der Waals surface area contributed by atoms with Gasteiger partial charge in [-0.1, -0.05) is 59.7 Å². The quantitative estimate of drug-likeness (QED) is 0.220. The molecule has 0 bridgehead atoms. The Kier molecular flexibility index (Phi) is 8.70. The van der Waals surface area contributed by atoms with Crippen molar-refractivity contribution in [2.75, 3.05) is 17.7 Å². The molecule has 1 aliphatic rings. The molecule has 0 saturated heterocycles. The molecule has 3 aromatic carbocycles. The highest BCUT2D eigenvalue weighted by Gasteiger charge is 2.24. The van der Waals surface area contributed by atoms with E-state index in [4.69, 9.17) is 13.9 Å². The molecule has 1 saturated carbocycles. The number of nitrogens with one attached hydrogen (secondary N) is 2. The lowest BCUT2D eigenvalue weighted by atomic mass is 9.77. The molecule has 9 heteroatoms. The molecule has 0 unspecified atom stereocenters. The van der Waals surface area contributed by atoms with Crippen molar-refractivity contribution in [3.8, 4) is 5.75 Å². The fraction of sp³-hybridized carbons (Fsp3) is 0.290. The van der Waals surface area contributed by atoms with Gasteiger partial charge in [-0.3, -0.25) is 9.59 Å². The molecule has 0 radical (unpaired) electrons. The predicted octanol–water partition coefficient (Wildman–Crippen LogP) is 6.48. The van der Waals surface area contributed by atoms with Gasteiger partial charge in [0, 0.05) is 12.1 Å². The third-order valence-corrected chi connectivity index (χ3v) is 7.15. The Morgan fingerprint density at radius 1 is 0.900 bits per heavy atom. The normalized spacial score (nSPS) is 16.6. The summed E-state index contributed by atoms with van der Waals surface area (Å²) >= 11 is 0. The van der Waals surface area contributed by atoms with Crippen LogP contribution in [0, 0.1) is 5.92 Å². The van der Waals surface area contributed by atoms with Gasteiger partial charge in [-0.25, -0.2) is 0 Å². The SMILES string of the molecule is COC(=O)CC1CCC(c2ccc(NC(=O)c3nnc(Nc4ccccc4OCc4ccccc4)o3)cc2)CC1. The highest BCUT2D eigenvalue weighted by Crippen LogP contribution is 2.37. The molecule has 206 valence electrons. The molecule has 0 aliphatic heterocycles. The zero-order valence-corrected chi connectivity index (χ0v) is 22.3. The number of amides is 1. The van der Waals surface area contributed by atoms with Crippen LogP contribution < -0.4 is 15.4 Å². The summed E-state index contributed by atoms with van der Waals surface area (Å²) in [6.45, 7) is 0.409. The first-order valence-corrected chi connectivity index (χ1v) is 13.4. The van der Waals surface area contributed by atoms with Gasteiger partial charge in [0.2, 0.25) is 0 Å².